The summed E-state index contributed by atoms with van der Waals surface area (Å²) in [6, 6.07) is 12.0. The minimum Gasteiger partial charge on any atom is -0.366 e. The molecule has 7 nitrogen and oxygen atoms in total. The van der Waals surface area contributed by atoms with E-state index in [1.807, 2.05) is 48.6 Å². The number of benzene rings is 1. The Kier molecular flexibility index (Phi) is 7.36. The van der Waals surface area contributed by atoms with Crippen LogP contribution in [-0.2, 0) is 6.54 Å². The predicted molar refractivity (Wildman–Crippen MR) is 141 cm³/mol. The molecule has 1 amide bonds. The van der Waals surface area contributed by atoms with E-state index in [1.54, 1.807) is 4.57 Å². The summed E-state index contributed by atoms with van der Waals surface area (Å²) in [5.74, 6) is 0.0425. The van der Waals surface area contributed by atoms with Gasteiger partial charge in [-0.1, -0.05) is 6.07 Å². The van der Waals surface area contributed by atoms with Gasteiger partial charge in [0.05, 0.1) is 16.1 Å². The molecule has 1 saturated heterocycles. The number of carbonyl (C=O) groups is 1. The summed E-state index contributed by atoms with van der Waals surface area (Å²) in [6.45, 7) is 3.69. The molecule has 1 fully saturated rings. The number of nitrogens with zero attached hydrogens (tertiary/aromatic N) is 5. The molecular formula is C24H26IN5O2S. The molecule has 4 rings (SSSR count). The van der Waals surface area contributed by atoms with E-state index in [9.17, 15) is 14.9 Å². The van der Waals surface area contributed by atoms with Crippen molar-refractivity contribution in [1.29, 1.82) is 5.26 Å². The average Bonchev–Trinajstić information content (AvgIpc) is 3.34. The summed E-state index contributed by atoms with van der Waals surface area (Å²) in [5.41, 5.74) is 1.50. The van der Waals surface area contributed by atoms with Crippen LogP contribution in [0, 0.1) is 14.9 Å². The van der Waals surface area contributed by atoms with Crippen molar-refractivity contribution < 1.29 is 4.79 Å². The lowest BCUT2D eigenvalue weighted by molar-refractivity contribution is 0.0751. The number of amides is 1. The fraction of sp³-hybridized carbons (Fsp3) is 0.375. The lowest BCUT2D eigenvalue weighted by atomic mass is 10.1. The van der Waals surface area contributed by atoms with Crippen LogP contribution in [0.2, 0.25) is 0 Å². The van der Waals surface area contributed by atoms with Gasteiger partial charge in [0.2, 0.25) is 0 Å². The van der Waals surface area contributed by atoms with Gasteiger partial charge in [0, 0.05) is 41.7 Å². The number of thiophene rings is 1. The van der Waals surface area contributed by atoms with Crippen molar-refractivity contribution in [1.82, 2.24) is 14.4 Å². The number of hydrogen-bond donors (Lipinski definition) is 0. The van der Waals surface area contributed by atoms with Crippen molar-refractivity contribution >= 4 is 56.4 Å². The Bertz CT molecular complexity index is 1250. The smallest absolute Gasteiger partial charge is 0.271 e. The number of rotatable bonds is 6. The Morgan fingerprint density at radius 2 is 1.97 bits per heavy atom. The van der Waals surface area contributed by atoms with Crippen LogP contribution >= 0.6 is 33.9 Å². The number of piperazine rings is 1. The van der Waals surface area contributed by atoms with E-state index in [1.165, 1.54) is 11.3 Å². The zero-order valence-electron chi connectivity index (χ0n) is 18.8. The zero-order chi connectivity index (χ0) is 23.5. The number of carbonyl (C=O) groups excluding carboxylic acids is 1. The van der Waals surface area contributed by atoms with Gasteiger partial charge in [-0.05, 0) is 79.3 Å². The fourth-order valence-electron chi connectivity index (χ4n) is 4.30. The molecule has 0 N–H and O–H groups in total. The van der Waals surface area contributed by atoms with Crippen molar-refractivity contribution in [2.75, 3.05) is 51.7 Å². The first-order chi connectivity index (χ1) is 15.9. The molecule has 0 radical (unpaired) electrons. The second-order valence-corrected chi connectivity index (χ2v) is 10.6. The molecule has 1 aromatic carbocycles. The normalized spacial score (nSPS) is 14.2. The second kappa shape index (κ2) is 10.2. The van der Waals surface area contributed by atoms with Gasteiger partial charge in [0.1, 0.15) is 11.6 Å². The SMILES string of the molecule is CN(C)CCCn1c(=O)c(C#N)c(N2CCN(C(=O)c3cccs3)CC2)c2cc(I)ccc21. The fourth-order valence-corrected chi connectivity index (χ4v) is 5.48. The van der Waals surface area contributed by atoms with Gasteiger partial charge >= 0.3 is 0 Å². The van der Waals surface area contributed by atoms with Gasteiger partial charge in [-0.2, -0.15) is 5.26 Å². The lowest BCUT2D eigenvalue weighted by Crippen LogP contribution is -2.49. The minimum atomic E-state index is -0.239. The molecule has 9 heteroatoms. The molecule has 0 spiro atoms. The molecule has 0 atom stereocenters. The van der Waals surface area contributed by atoms with Crippen molar-refractivity contribution in [3.8, 4) is 6.07 Å². The quantitative estimate of drug-likeness (QED) is 0.422. The third-order valence-electron chi connectivity index (χ3n) is 5.91. The van der Waals surface area contributed by atoms with E-state index in [2.05, 4.69) is 44.5 Å². The number of nitriles is 1. The molecule has 0 saturated carbocycles. The van der Waals surface area contributed by atoms with Crippen molar-refractivity contribution in [3.05, 3.63) is 60.1 Å². The van der Waals surface area contributed by atoms with Crippen molar-refractivity contribution in [3.63, 3.8) is 0 Å². The Hall–Kier alpha value is -2.42. The summed E-state index contributed by atoms with van der Waals surface area (Å²) in [5, 5.41) is 12.8. The van der Waals surface area contributed by atoms with E-state index in [0.29, 0.717) is 38.4 Å². The summed E-state index contributed by atoms with van der Waals surface area (Å²) in [6.07, 6.45) is 0.821. The summed E-state index contributed by atoms with van der Waals surface area (Å²) in [4.78, 5) is 32.9. The molecule has 0 aliphatic carbocycles. The van der Waals surface area contributed by atoms with Crippen LogP contribution in [0.1, 0.15) is 21.7 Å². The van der Waals surface area contributed by atoms with E-state index < -0.39 is 0 Å². The number of aryl methyl sites for hydroxylation is 1. The maximum absolute atomic E-state index is 13.4. The number of hydrogen-bond acceptors (Lipinski definition) is 6. The maximum Gasteiger partial charge on any atom is 0.271 e. The van der Waals surface area contributed by atoms with Crippen LogP contribution in [-0.4, -0.2) is 67.1 Å². The molecule has 3 aromatic rings. The molecule has 1 aliphatic rings. The molecular weight excluding hydrogens is 549 g/mol. The standard InChI is InChI=1S/C24H26IN5O2S/c1-27(2)8-4-9-30-20-7-6-17(25)15-18(20)22(19(16-26)23(30)31)28-10-12-29(13-11-28)24(32)21-5-3-14-33-21/h3,5-7,14-15H,4,8-13H2,1-2H3. The summed E-state index contributed by atoms with van der Waals surface area (Å²) < 4.78 is 2.79. The average molecular weight is 575 g/mol. The molecule has 3 heterocycles. The highest BCUT2D eigenvalue weighted by Gasteiger charge is 2.27. The van der Waals surface area contributed by atoms with Crippen LogP contribution in [0.5, 0.6) is 0 Å². The largest absolute Gasteiger partial charge is 0.366 e. The van der Waals surface area contributed by atoms with Gasteiger partial charge in [-0.25, -0.2) is 0 Å². The van der Waals surface area contributed by atoms with Crippen LogP contribution < -0.4 is 10.5 Å². The van der Waals surface area contributed by atoms with E-state index in [-0.39, 0.29) is 17.0 Å². The van der Waals surface area contributed by atoms with Gasteiger partial charge in [-0.15, -0.1) is 11.3 Å². The topological polar surface area (TPSA) is 72.6 Å². The number of halogens is 1. The Morgan fingerprint density at radius 1 is 1.21 bits per heavy atom. The third kappa shape index (κ3) is 4.93. The Morgan fingerprint density at radius 3 is 2.61 bits per heavy atom. The monoisotopic (exact) mass is 575 g/mol. The maximum atomic E-state index is 13.4. The Labute approximate surface area is 211 Å². The predicted octanol–water partition coefficient (Wildman–Crippen LogP) is 3.45. The van der Waals surface area contributed by atoms with Crippen molar-refractivity contribution in [2.45, 2.75) is 13.0 Å². The third-order valence-corrected chi connectivity index (χ3v) is 7.44. The number of anilines is 1. The first-order valence-corrected chi connectivity index (χ1v) is 12.8. The first kappa shape index (κ1) is 23.7. The van der Waals surface area contributed by atoms with Gasteiger partial charge in [0.15, 0.2) is 0 Å². The van der Waals surface area contributed by atoms with Crippen LogP contribution in [0.3, 0.4) is 0 Å². The van der Waals surface area contributed by atoms with Gasteiger partial charge < -0.3 is 19.3 Å². The Balaban J connectivity index is 1.69. The minimum absolute atomic E-state index is 0.0425. The van der Waals surface area contributed by atoms with Gasteiger partial charge in [-0.3, -0.25) is 9.59 Å². The highest BCUT2D eigenvalue weighted by atomic mass is 127. The number of aromatic nitrogens is 1. The molecule has 172 valence electrons. The first-order valence-electron chi connectivity index (χ1n) is 10.9. The summed E-state index contributed by atoms with van der Waals surface area (Å²) >= 11 is 3.71. The van der Waals surface area contributed by atoms with E-state index in [0.717, 1.165) is 32.3 Å². The van der Waals surface area contributed by atoms with E-state index >= 15 is 0 Å². The lowest BCUT2D eigenvalue weighted by Gasteiger charge is -2.37. The molecule has 0 bridgehead atoms. The van der Waals surface area contributed by atoms with Crippen LogP contribution in [0.15, 0.2) is 40.5 Å². The number of pyridine rings is 1. The molecule has 0 unspecified atom stereocenters. The second-order valence-electron chi connectivity index (χ2n) is 8.37. The molecule has 2 aromatic heterocycles. The highest BCUT2D eigenvalue weighted by molar-refractivity contribution is 14.1. The zero-order valence-corrected chi connectivity index (χ0v) is 21.7. The highest BCUT2D eigenvalue weighted by Crippen LogP contribution is 2.31. The van der Waals surface area contributed by atoms with Crippen molar-refractivity contribution in [2.24, 2.45) is 0 Å². The number of fused-ring (bicyclic) bond motifs is 1. The molecule has 33 heavy (non-hydrogen) atoms. The van der Waals surface area contributed by atoms with Crippen LogP contribution in [0.25, 0.3) is 10.9 Å². The van der Waals surface area contributed by atoms with E-state index in [4.69, 9.17) is 0 Å². The van der Waals surface area contributed by atoms with Crippen LogP contribution in [0.4, 0.5) is 5.69 Å². The summed E-state index contributed by atoms with van der Waals surface area (Å²) in [7, 11) is 4.02. The molecule has 1 aliphatic heterocycles. The van der Waals surface area contributed by atoms with Gasteiger partial charge in [0.25, 0.3) is 11.5 Å².